The smallest absolute Gasteiger partial charge is 0.248 e. The number of carbonyl (C=O) groups is 1. The van der Waals surface area contributed by atoms with E-state index < -0.39 is 5.54 Å². The number of rotatable bonds is 6. The summed E-state index contributed by atoms with van der Waals surface area (Å²) in [6.07, 6.45) is 0.903. The van der Waals surface area contributed by atoms with Crippen LogP contribution in [0.15, 0.2) is 0 Å². The van der Waals surface area contributed by atoms with Crippen LogP contribution in [-0.2, 0) is 9.53 Å². The number of aliphatic hydroxyl groups is 1. The van der Waals surface area contributed by atoms with Crippen LogP contribution in [0.1, 0.15) is 27.2 Å². The fourth-order valence-corrected chi connectivity index (χ4v) is 0.844. The van der Waals surface area contributed by atoms with Crippen LogP contribution in [-0.4, -0.2) is 48.3 Å². The third-order valence-corrected chi connectivity index (χ3v) is 2.24. The number of carbonyl (C=O) groups excluding carboxylic acids is 1. The Morgan fingerprint density at radius 3 is 2.50 bits per heavy atom. The predicted octanol–water partition coefficient (Wildman–Crippen LogP) is 0.642. The lowest BCUT2D eigenvalue weighted by molar-refractivity contribution is -0.141. The molecule has 0 aromatic carbocycles. The van der Waals surface area contributed by atoms with Gasteiger partial charge in [0.05, 0.1) is 12.1 Å². The van der Waals surface area contributed by atoms with Crippen molar-refractivity contribution in [1.82, 2.24) is 4.90 Å². The molecule has 0 heterocycles. The van der Waals surface area contributed by atoms with E-state index in [1.807, 2.05) is 20.8 Å². The molecule has 0 spiro atoms. The summed E-state index contributed by atoms with van der Waals surface area (Å²) in [6, 6.07) is 0. The molecule has 0 aliphatic heterocycles. The van der Waals surface area contributed by atoms with Crippen LogP contribution < -0.4 is 0 Å². The first-order chi connectivity index (χ1) is 6.45. The third-order valence-electron chi connectivity index (χ3n) is 2.24. The van der Waals surface area contributed by atoms with Crippen LogP contribution in [0, 0.1) is 0 Å². The number of hydrogen-bond donors (Lipinski definition) is 1. The summed E-state index contributed by atoms with van der Waals surface area (Å²) < 4.78 is 5.13. The highest BCUT2D eigenvalue weighted by Gasteiger charge is 2.26. The summed E-state index contributed by atoms with van der Waals surface area (Å²) in [7, 11) is 1.67. The van der Waals surface area contributed by atoms with Crippen molar-refractivity contribution in [2.24, 2.45) is 0 Å². The van der Waals surface area contributed by atoms with Crippen molar-refractivity contribution < 1.29 is 14.6 Å². The largest absolute Gasteiger partial charge is 0.394 e. The molecule has 0 aliphatic carbocycles. The maximum absolute atomic E-state index is 11.5. The highest BCUT2D eigenvalue weighted by atomic mass is 16.5. The molecule has 0 aromatic heterocycles. The molecule has 0 atom stereocenters. The summed E-state index contributed by atoms with van der Waals surface area (Å²) in [5, 5.41) is 9.05. The summed E-state index contributed by atoms with van der Waals surface area (Å²) in [4.78, 5) is 13.0. The van der Waals surface area contributed by atoms with Crippen LogP contribution in [0.2, 0.25) is 0 Å². The second kappa shape index (κ2) is 5.98. The Balaban J connectivity index is 3.99. The van der Waals surface area contributed by atoms with Gasteiger partial charge in [-0.15, -0.1) is 0 Å². The van der Waals surface area contributed by atoms with Crippen LogP contribution in [0.3, 0.4) is 0 Å². The van der Waals surface area contributed by atoms with E-state index >= 15 is 0 Å². The normalized spacial score (nSPS) is 11.5. The van der Waals surface area contributed by atoms with E-state index in [1.54, 1.807) is 7.05 Å². The molecule has 0 aliphatic rings. The monoisotopic (exact) mass is 203 g/mol. The van der Waals surface area contributed by atoms with Gasteiger partial charge in [0.1, 0.15) is 6.61 Å². The first-order valence-corrected chi connectivity index (χ1v) is 4.91. The van der Waals surface area contributed by atoms with E-state index in [9.17, 15) is 4.79 Å². The maximum Gasteiger partial charge on any atom is 0.248 e. The number of ether oxygens (including phenoxy) is 1. The lowest BCUT2D eigenvalue weighted by Gasteiger charge is -2.33. The molecule has 84 valence electrons. The Hall–Kier alpha value is -0.610. The van der Waals surface area contributed by atoms with Gasteiger partial charge in [0.25, 0.3) is 0 Å². The third kappa shape index (κ3) is 4.07. The molecule has 0 bridgehead atoms. The summed E-state index contributed by atoms with van der Waals surface area (Å²) in [5.74, 6) is -0.0995. The van der Waals surface area contributed by atoms with E-state index in [1.165, 1.54) is 4.90 Å². The number of nitrogens with zero attached hydrogens (tertiary/aromatic N) is 1. The fourth-order valence-electron chi connectivity index (χ4n) is 0.844. The number of amides is 1. The molecule has 4 nitrogen and oxygen atoms in total. The van der Waals surface area contributed by atoms with Gasteiger partial charge in [-0.1, -0.05) is 6.92 Å². The molecule has 1 N–H and O–H groups in total. The van der Waals surface area contributed by atoms with Crippen molar-refractivity contribution in [3.63, 3.8) is 0 Å². The first-order valence-electron chi connectivity index (χ1n) is 4.91. The summed E-state index contributed by atoms with van der Waals surface area (Å²) in [6.45, 7) is 6.25. The van der Waals surface area contributed by atoms with E-state index in [-0.39, 0.29) is 19.1 Å². The van der Waals surface area contributed by atoms with Crippen molar-refractivity contribution in [2.45, 2.75) is 32.7 Å². The van der Waals surface area contributed by atoms with Crippen molar-refractivity contribution in [1.29, 1.82) is 0 Å². The average Bonchev–Trinajstić information content (AvgIpc) is 2.17. The van der Waals surface area contributed by atoms with E-state index in [0.717, 1.165) is 6.42 Å². The fraction of sp³-hybridized carbons (Fsp3) is 0.900. The van der Waals surface area contributed by atoms with Gasteiger partial charge in [0, 0.05) is 13.7 Å². The Morgan fingerprint density at radius 2 is 2.07 bits per heavy atom. The van der Waals surface area contributed by atoms with Gasteiger partial charge in [0.15, 0.2) is 0 Å². The quantitative estimate of drug-likeness (QED) is 0.645. The number of aliphatic hydroxyl groups excluding tert-OH is 1. The van der Waals surface area contributed by atoms with Crippen molar-refractivity contribution in [2.75, 3.05) is 26.9 Å². The molecular formula is C10H21NO3. The van der Waals surface area contributed by atoms with Crippen LogP contribution in [0.4, 0.5) is 0 Å². The minimum Gasteiger partial charge on any atom is -0.394 e. The van der Waals surface area contributed by atoms with E-state index in [4.69, 9.17) is 9.84 Å². The van der Waals surface area contributed by atoms with E-state index in [0.29, 0.717) is 6.61 Å². The van der Waals surface area contributed by atoms with Crippen molar-refractivity contribution >= 4 is 5.91 Å². The summed E-state index contributed by atoms with van der Waals surface area (Å²) in [5.41, 5.74) is -0.521. The van der Waals surface area contributed by atoms with Gasteiger partial charge >= 0.3 is 0 Å². The van der Waals surface area contributed by atoms with Crippen LogP contribution in [0.25, 0.3) is 0 Å². The Bertz CT molecular complexity index is 180. The average molecular weight is 203 g/mol. The second-order valence-corrected chi connectivity index (χ2v) is 3.98. The second-order valence-electron chi connectivity index (χ2n) is 3.98. The van der Waals surface area contributed by atoms with Gasteiger partial charge in [-0.3, -0.25) is 4.79 Å². The van der Waals surface area contributed by atoms with E-state index in [2.05, 4.69) is 0 Å². The molecule has 0 saturated heterocycles. The minimum absolute atomic E-state index is 0.0526. The topological polar surface area (TPSA) is 49.8 Å². The molecule has 0 fully saturated rings. The van der Waals surface area contributed by atoms with Crippen LogP contribution >= 0.6 is 0 Å². The zero-order chi connectivity index (χ0) is 11.2. The Kier molecular flexibility index (Phi) is 5.72. The lowest BCUT2D eigenvalue weighted by Crippen LogP contribution is -2.49. The number of likely N-dealkylation sites (N-methyl/N-ethyl adjacent to an activating group) is 1. The Labute approximate surface area is 85.9 Å². The highest BCUT2D eigenvalue weighted by molar-refractivity contribution is 5.77. The Morgan fingerprint density at radius 1 is 1.50 bits per heavy atom. The zero-order valence-corrected chi connectivity index (χ0v) is 9.54. The van der Waals surface area contributed by atoms with Gasteiger partial charge in [-0.25, -0.2) is 0 Å². The molecule has 0 unspecified atom stereocenters. The van der Waals surface area contributed by atoms with Crippen molar-refractivity contribution in [3.05, 3.63) is 0 Å². The standard InChI is InChI=1S/C10H21NO3/c1-5-6-14-7-9(13)11(4)10(2,3)8-12/h12H,5-8H2,1-4H3. The summed E-state index contributed by atoms with van der Waals surface area (Å²) >= 11 is 0. The van der Waals surface area contributed by atoms with Crippen molar-refractivity contribution in [3.8, 4) is 0 Å². The van der Waals surface area contributed by atoms with Gasteiger partial charge < -0.3 is 14.7 Å². The molecule has 14 heavy (non-hydrogen) atoms. The molecule has 0 rings (SSSR count). The lowest BCUT2D eigenvalue weighted by atomic mass is 10.1. The molecule has 4 heteroatoms. The van der Waals surface area contributed by atoms with Gasteiger partial charge in [-0.05, 0) is 20.3 Å². The highest BCUT2D eigenvalue weighted by Crippen LogP contribution is 2.10. The SMILES string of the molecule is CCCOCC(=O)N(C)C(C)(C)CO. The molecule has 0 aromatic rings. The first kappa shape index (κ1) is 13.4. The molecular weight excluding hydrogens is 182 g/mol. The predicted molar refractivity (Wildman–Crippen MR) is 55.0 cm³/mol. The molecule has 0 saturated carbocycles. The maximum atomic E-state index is 11.5. The molecule has 1 amide bonds. The van der Waals surface area contributed by atoms with Gasteiger partial charge in [-0.2, -0.15) is 0 Å². The minimum atomic E-state index is -0.521. The number of hydrogen-bond acceptors (Lipinski definition) is 3. The van der Waals surface area contributed by atoms with Gasteiger partial charge in [0.2, 0.25) is 5.91 Å². The van der Waals surface area contributed by atoms with Crippen LogP contribution in [0.5, 0.6) is 0 Å². The zero-order valence-electron chi connectivity index (χ0n) is 9.54. The molecule has 0 radical (unpaired) electrons.